The molecule has 2 aromatic rings. The molecule has 1 fully saturated rings. The molecule has 0 aliphatic carbocycles. The van der Waals surface area contributed by atoms with Crippen LogP contribution in [0.15, 0.2) is 36.7 Å². The van der Waals surface area contributed by atoms with Crippen LogP contribution < -0.4 is 5.32 Å². The Kier molecular flexibility index (Phi) is 6.16. The van der Waals surface area contributed by atoms with E-state index in [1.165, 1.54) is 41.8 Å². The van der Waals surface area contributed by atoms with Crippen molar-refractivity contribution in [2.75, 3.05) is 20.1 Å². The summed E-state index contributed by atoms with van der Waals surface area (Å²) in [6, 6.07) is 9.21. The van der Waals surface area contributed by atoms with Gasteiger partial charge in [-0.3, -0.25) is 14.9 Å². The van der Waals surface area contributed by atoms with Gasteiger partial charge in [0.25, 0.3) is 0 Å². The normalized spacial score (nSPS) is 21.4. The Hall–Kier alpha value is -1.78. The topological polar surface area (TPSA) is 41.0 Å². The smallest absolute Gasteiger partial charge is 0.0604 e. The van der Waals surface area contributed by atoms with Gasteiger partial charge in [-0.25, -0.2) is 0 Å². The maximum Gasteiger partial charge on any atom is 0.0604 e. The van der Waals surface area contributed by atoms with Crippen LogP contribution >= 0.6 is 0 Å². The first-order valence-electron chi connectivity index (χ1n) is 9.45. The molecule has 25 heavy (non-hydrogen) atoms. The monoisotopic (exact) mass is 338 g/mol. The number of aryl methyl sites for hydroxylation is 2. The molecule has 4 heteroatoms. The van der Waals surface area contributed by atoms with Crippen LogP contribution in [0.5, 0.6) is 0 Å². The molecule has 2 atom stereocenters. The van der Waals surface area contributed by atoms with Gasteiger partial charge in [0.15, 0.2) is 0 Å². The molecule has 0 radical (unpaired) electrons. The number of aromatic nitrogens is 2. The average molecular weight is 338 g/mol. The van der Waals surface area contributed by atoms with E-state index in [1.54, 1.807) is 0 Å². The molecule has 1 saturated heterocycles. The molecule has 0 spiro atoms. The molecule has 0 amide bonds. The molecule has 1 aliphatic heterocycles. The lowest BCUT2D eigenvalue weighted by molar-refractivity contribution is 0.0751. The minimum Gasteiger partial charge on any atom is -0.320 e. The Morgan fingerprint density at radius 2 is 1.56 bits per heavy atom. The Morgan fingerprint density at radius 1 is 1.00 bits per heavy atom. The number of nitrogens with one attached hydrogen (secondary N) is 1. The molecular weight excluding hydrogens is 308 g/mol. The molecule has 3 rings (SSSR count). The van der Waals surface area contributed by atoms with Gasteiger partial charge in [-0.2, -0.15) is 0 Å². The number of nitrogens with zero attached hydrogens (tertiary/aromatic N) is 3. The number of rotatable bonds is 6. The Morgan fingerprint density at radius 3 is 2.04 bits per heavy atom. The fourth-order valence-electron chi connectivity index (χ4n) is 4.08. The van der Waals surface area contributed by atoms with E-state index in [2.05, 4.69) is 36.2 Å². The Bertz CT molecular complexity index is 632. The first kappa shape index (κ1) is 18.0. The third-order valence-electron chi connectivity index (χ3n) is 5.33. The molecule has 2 aromatic heterocycles. The third kappa shape index (κ3) is 4.07. The second-order valence-corrected chi connectivity index (χ2v) is 7.07. The highest BCUT2D eigenvalue weighted by Crippen LogP contribution is 2.41. The number of hydrogen-bond acceptors (Lipinski definition) is 4. The lowest BCUT2D eigenvalue weighted by Crippen LogP contribution is -2.39. The minimum absolute atomic E-state index is 0.387. The summed E-state index contributed by atoms with van der Waals surface area (Å²) in [6.45, 7) is 6.48. The second kappa shape index (κ2) is 8.54. The minimum atomic E-state index is 0.387. The zero-order valence-corrected chi connectivity index (χ0v) is 15.7. The van der Waals surface area contributed by atoms with Crippen LogP contribution in [-0.4, -0.2) is 35.0 Å². The largest absolute Gasteiger partial charge is 0.320 e. The zero-order valence-electron chi connectivity index (χ0n) is 15.7. The van der Waals surface area contributed by atoms with Crippen molar-refractivity contribution >= 4 is 0 Å². The summed E-state index contributed by atoms with van der Waals surface area (Å²) in [4.78, 5) is 12.2. The van der Waals surface area contributed by atoms with Crippen molar-refractivity contribution in [3.63, 3.8) is 0 Å². The van der Waals surface area contributed by atoms with Crippen LogP contribution in [0, 0.1) is 13.8 Å². The number of pyridine rings is 2. The highest BCUT2D eigenvalue weighted by Gasteiger charge is 2.34. The van der Waals surface area contributed by atoms with Gasteiger partial charge in [0.1, 0.15) is 0 Å². The lowest BCUT2D eigenvalue weighted by atomic mass is 9.88. The number of piperidine rings is 1. The van der Waals surface area contributed by atoms with Crippen LogP contribution in [0.3, 0.4) is 0 Å². The van der Waals surface area contributed by atoms with E-state index in [9.17, 15) is 0 Å². The van der Waals surface area contributed by atoms with E-state index in [-0.39, 0.29) is 0 Å². The molecule has 0 aromatic carbocycles. The van der Waals surface area contributed by atoms with Crippen molar-refractivity contribution in [1.82, 2.24) is 20.2 Å². The van der Waals surface area contributed by atoms with E-state index in [0.29, 0.717) is 12.1 Å². The molecule has 134 valence electrons. The van der Waals surface area contributed by atoms with Gasteiger partial charge in [0.05, 0.1) is 23.5 Å². The van der Waals surface area contributed by atoms with Crippen LogP contribution in [0.25, 0.3) is 0 Å². The predicted molar refractivity (Wildman–Crippen MR) is 103 cm³/mol. The van der Waals surface area contributed by atoms with Crippen LogP contribution in [0.2, 0.25) is 0 Å². The van der Waals surface area contributed by atoms with Gasteiger partial charge in [0.2, 0.25) is 0 Å². The zero-order chi connectivity index (χ0) is 17.6. The standard InChI is InChI=1S/C21H30N4/c1-16-8-5-13-23-20(16)18-10-4-11-19(25(18)15-7-12-22-3)21-17(2)9-6-14-24-21/h5-6,8-9,13-14,18-19,22H,4,7,10-12,15H2,1-3H3. The van der Waals surface area contributed by atoms with Crippen molar-refractivity contribution in [3.05, 3.63) is 59.2 Å². The summed E-state index contributed by atoms with van der Waals surface area (Å²) in [5.74, 6) is 0. The molecule has 1 N–H and O–H groups in total. The van der Waals surface area contributed by atoms with Crippen molar-refractivity contribution in [2.24, 2.45) is 0 Å². The predicted octanol–water partition coefficient (Wildman–Crippen LogP) is 3.97. The highest BCUT2D eigenvalue weighted by atomic mass is 15.2. The summed E-state index contributed by atoms with van der Waals surface area (Å²) in [5, 5.41) is 3.28. The van der Waals surface area contributed by atoms with Gasteiger partial charge in [-0.05, 0) is 76.4 Å². The molecule has 2 unspecified atom stereocenters. The molecule has 0 saturated carbocycles. The van der Waals surface area contributed by atoms with E-state index in [0.717, 1.165) is 19.5 Å². The summed E-state index contributed by atoms with van der Waals surface area (Å²) >= 11 is 0. The summed E-state index contributed by atoms with van der Waals surface area (Å²) in [6.07, 6.45) is 8.60. The first-order valence-corrected chi connectivity index (χ1v) is 9.45. The molecular formula is C21H30N4. The second-order valence-electron chi connectivity index (χ2n) is 7.07. The fourth-order valence-corrected chi connectivity index (χ4v) is 4.08. The van der Waals surface area contributed by atoms with E-state index in [4.69, 9.17) is 9.97 Å². The van der Waals surface area contributed by atoms with Gasteiger partial charge in [0, 0.05) is 18.9 Å². The Labute approximate surface area is 151 Å². The van der Waals surface area contributed by atoms with Crippen molar-refractivity contribution < 1.29 is 0 Å². The van der Waals surface area contributed by atoms with Gasteiger partial charge >= 0.3 is 0 Å². The molecule has 4 nitrogen and oxygen atoms in total. The van der Waals surface area contributed by atoms with Crippen molar-refractivity contribution in [2.45, 2.75) is 51.6 Å². The molecule has 1 aliphatic rings. The number of likely N-dealkylation sites (tertiary alicyclic amines) is 1. The average Bonchev–Trinajstić information content (AvgIpc) is 2.63. The summed E-state index contributed by atoms with van der Waals surface area (Å²) in [5.41, 5.74) is 5.07. The lowest BCUT2D eigenvalue weighted by Gasteiger charge is -2.42. The fraction of sp³-hybridized carbons (Fsp3) is 0.524. The SMILES string of the molecule is CNCCCN1C(c2ncccc2C)CCCC1c1ncccc1C. The van der Waals surface area contributed by atoms with Crippen LogP contribution in [0.4, 0.5) is 0 Å². The van der Waals surface area contributed by atoms with Gasteiger partial charge in [-0.1, -0.05) is 12.1 Å². The molecule has 3 heterocycles. The van der Waals surface area contributed by atoms with Crippen molar-refractivity contribution in [3.8, 4) is 0 Å². The van der Waals surface area contributed by atoms with Crippen LogP contribution in [0.1, 0.15) is 60.3 Å². The quantitative estimate of drug-likeness (QED) is 0.809. The third-order valence-corrected chi connectivity index (χ3v) is 5.33. The maximum absolute atomic E-state index is 4.75. The summed E-state index contributed by atoms with van der Waals surface area (Å²) < 4.78 is 0. The number of hydrogen-bond donors (Lipinski definition) is 1. The highest BCUT2D eigenvalue weighted by molar-refractivity contribution is 5.25. The van der Waals surface area contributed by atoms with E-state index in [1.807, 2.05) is 31.6 Å². The first-order chi connectivity index (χ1) is 12.2. The molecule has 0 bridgehead atoms. The van der Waals surface area contributed by atoms with Gasteiger partial charge < -0.3 is 5.32 Å². The van der Waals surface area contributed by atoms with Crippen molar-refractivity contribution in [1.29, 1.82) is 0 Å². The van der Waals surface area contributed by atoms with Crippen LogP contribution in [-0.2, 0) is 0 Å². The Balaban J connectivity index is 1.94. The maximum atomic E-state index is 4.75. The van der Waals surface area contributed by atoms with Gasteiger partial charge in [-0.15, -0.1) is 0 Å². The van der Waals surface area contributed by atoms with E-state index >= 15 is 0 Å². The van der Waals surface area contributed by atoms with E-state index < -0.39 is 0 Å². The summed E-state index contributed by atoms with van der Waals surface area (Å²) in [7, 11) is 2.02.